The van der Waals surface area contributed by atoms with Crippen LogP contribution in [0.5, 0.6) is 11.5 Å². The third-order valence-electron chi connectivity index (χ3n) is 5.54. The van der Waals surface area contributed by atoms with Gasteiger partial charge in [0.25, 0.3) is 0 Å². The van der Waals surface area contributed by atoms with Crippen molar-refractivity contribution in [3.63, 3.8) is 0 Å². The SMILES string of the molecule is CCCCc1cccc2c(CCCCN)c(-c3ccc(OCC)c(OCC)c3)[nH]c12. The van der Waals surface area contributed by atoms with E-state index in [9.17, 15) is 0 Å². The van der Waals surface area contributed by atoms with Gasteiger partial charge in [0.05, 0.1) is 13.2 Å². The minimum Gasteiger partial charge on any atom is -0.490 e. The Hall–Kier alpha value is -2.46. The molecule has 0 atom stereocenters. The molecule has 0 spiro atoms. The number of ether oxygens (including phenoxy) is 2. The molecular formula is C26H36N2O2. The van der Waals surface area contributed by atoms with Crippen molar-refractivity contribution < 1.29 is 9.47 Å². The molecule has 3 rings (SSSR count). The van der Waals surface area contributed by atoms with Crippen molar-refractivity contribution in [2.24, 2.45) is 5.73 Å². The van der Waals surface area contributed by atoms with Crippen LogP contribution in [0, 0.1) is 0 Å². The van der Waals surface area contributed by atoms with Crippen molar-refractivity contribution in [1.82, 2.24) is 4.98 Å². The van der Waals surface area contributed by atoms with Gasteiger partial charge in [-0.1, -0.05) is 31.5 Å². The molecule has 30 heavy (non-hydrogen) atoms. The Bertz CT molecular complexity index is 946. The van der Waals surface area contributed by atoms with E-state index in [4.69, 9.17) is 15.2 Å². The van der Waals surface area contributed by atoms with Gasteiger partial charge in [-0.15, -0.1) is 0 Å². The average molecular weight is 409 g/mol. The van der Waals surface area contributed by atoms with Crippen LogP contribution in [0.2, 0.25) is 0 Å². The van der Waals surface area contributed by atoms with Crippen LogP contribution in [0.3, 0.4) is 0 Å². The number of nitrogens with two attached hydrogens (primary N) is 1. The number of unbranched alkanes of at least 4 members (excludes halogenated alkanes) is 2. The molecule has 0 radical (unpaired) electrons. The summed E-state index contributed by atoms with van der Waals surface area (Å²) in [5.74, 6) is 1.60. The second kappa shape index (κ2) is 11.1. The molecule has 0 aliphatic rings. The molecule has 162 valence electrons. The van der Waals surface area contributed by atoms with Gasteiger partial charge in [0.15, 0.2) is 11.5 Å². The van der Waals surface area contributed by atoms with Crippen LogP contribution in [0.4, 0.5) is 0 Å². The number of rotatable bonds is 12. The summed E-state index contributed by atoms with van der Waals surface area (Å²) in [6, 6.07) is 13.0. The monoisotopic (exact) mass is 408 g/mol. The van der Waals surface area contributed by atoms with E-state index in [1.807, 2.05) is 19.9 Å². The van der Waals surface area contributed by atoms with Gasteiger partial charge in [0, 0.05) is 22.2 Å². The molecule has 0 saturated carbocycles. The predicted octanol–water partition coefficient (Wildman–Crippen LogP) is 6.26. The van der Waals surface area contributed by atoms with Gasteiger partial charge >= 0.3 is 0 Å². The molecule has 1 aromatic heterocycles. The fourth-order valence-electron chi connectivity index (χ4n) is 4.07. The summed E-state index contributed by atoms with van der Waals surface area (Å²) in [4.78, 5) is 3.78. The first-order valence-electron chi connectivity index (χ1n) is 11.5. The Kier molecular flexibility index (Phi) is 8.21. The lowest BCUT2D eigenvalue weighted by molar-refractivity contribution is 0.288. The number of fused-ring (bicyclic) bond motifs is 1. The van der Waals surface area contributed by atoms with Crippen molar-refractivity contribution in [1.29, 1.82) is 0 Å². The second-order valence-corrected chi connectivity index (χ2v) is 7.70. The topological polar surface area (TPSA) is 60.3 Å². The molecule has 0 saturated heterocycles. The van der Waals surface area contributed by atoms with Gasteiger partial charge in [-0.2, -0.15) is 0 Å². The Morgan fingerprint density at radius 3 is 2.40 bits per heavy atom. The summed E-state index contributed by atoms with van der Waals surface area (Å²) in [6.07, 6.45) is 6.64. The van der Waals surface area contributed by atoms with Gasteiger partial charge < -0.3 is 20.2 Å². The lowest BCUT2D eigenvalue weighted by Gasteiger charge is -2.13. The first-order chi connectivity index (χ1) is 14.7. The van der Waals surface area contributed by atoms with E-state index in [2.05, 4.69) is 42.2 Å². The summed E-state index contributed by atoms with van der Waals surface area (Å²) >= 11 is 0. The zero-order valence-electron chi connectivity index (χ0n) is 18.7. The van der Waals surface area contributed by atoms with Gasteiger partial charge in [-0.05, 0) is 81.8 Å². The third kappa shape index (κ3) is 4.99. The Morgan fingerprint density at radius 1 is 0.867 bits per heavy atom. The summed E-state index contributed by atoms with van der Waals surface area (Å²) in [7, 11) is 0. The largest absolute Gasteiger partial charge is 0.490 e. The van der Waals surface area contributed by atoms with Crippen molar-refractivity contribution in [2.45, 2.75) is 59.3 Å². The number of H-pyrrole nitrogens is 1. The zero-order valence-corrected chi connectivity index (χ0v) is 18.7. The van der Waals surface area contributed by atoms with Crippen LogP contribution in [0.25, 0.3) is 22.2 Å². The maximum Gasteiger partial charge on any atom is 0.161 e. The number of benzene rings is 2. The quantitative estimate of drug-likeness (QED) is 0.348. The number of aromatic nitrogens is 1. The lowest BCUT2D eigenvalue weighted by Crippen LogP contribution is -2.00. The third-order valence-corrected chi connectivity index (χ3v) is 5.54. The van der Waals surface area contributed by atoms with E-state index >= 15 is 0 Å². The minimum atomic E-state index is 0.612. The highest BCUT2D eigenvalue weighted by Gasteiger charge is 2.17. The molecule has 0 bridgehead atoms. The van der Waals surface area contributed by atoms with Gasteiger partial charge in [0.2, 0.25) is 0 Å². The van der Waals surface area contributed by atoms with Crippen LogP contribution in [-0.4, -0.2) is 24.7 Å². The van der Waals surface area contributed by atoms with E-state index in [1.54, 1.807) is 0 Å². The summed E-state index contributed by atoms with van der Waals surface area (Å²) in [5.41, 5.74) is 12.2. The molecule has 1 heterocycles. The number of hydrogen-bond acceptors (Lipinski definition) is 3. The Labute approximate surface area is 180 Å². The van der Waals surface area contributed by atoms with Crippen molar-refractivity contribution >= 4 is 10.9 Å². The second-order valence-electron chi connectivity index (χ2n) is 7.70. The first kappa shape index (κ1) is 22.2. The molecule has 0 unspecified atom stereocenters. The molecule has 0 amide bonds. The number of hydrogen-bond donors (Lipinski definition) is 2. The van der Waals surface area contributed by atoms with E-state index in [0.717, 1.165) is 49.3 Å². The summed E-state index contributed by atoms with van der Waals surface area (Å²) in [6.45, 7) is 8.21. The molecular weight excluding hydrogens is 372 g/mol. The molecule has 3 N–H and O–H groups in total. The fraction of sp³-hybridized carbons (Fsp3) is 0.462. The maximum atomic E-state index is 5.89. The number of aromatic amines is 1. The highest BCUT2D eigenvalue weighted by Crippen LogP contribution is 2.38. The zero-order chi connectivity index (χ0) is 21.3. The van der Waals surface area contributed by atoms with Crippen LogP contribution < -0.4 is 15.2 Å². The number of para-hydroxylation sites is 1. The van der Waals surface area contributed by atoms with Crippen molar-refractivity contribution in [2.75, 3.05) is 19.8 Å². The van der Waals surface area contributed by atoms with Gasteiger partial charge in [-0.3, -0.25) is 0 Å². The maximum absolute atomic E-state index is 5.89. The summed E-state index contributed by atoms with van der Waals surface area (Å²) < 4.78 is 11.6. The first-order valence-corrected chi connectivity index (χ1v) is 11.5. The Balaban J connectivity index is 2.11. The molecule has 4 heteroatoms. The van der Waals surface area contributed by atoms with Crippen molar-refractivity contribution in [3.05, 3.63) is 47.5 Å². The predicted molar refractivity (Wildman–Crippen MR) is 127 cm³/mol. The minimum absolute atomic E-state index is 0.612. The fourth-order valence-corrected chi connectivity index (χ4v) is 4.07. The standard InChI is InChI=1S/C26H36N2O2/c1-4-7-11-19-12-10-14-22-21(13-8-9-17-27)26(28-25(19)22)20-15-16-23(29-5-2)24(18-20)30-6-3/h10,12,14-16,18,28H,4-9,11,13,17,27H2,1-3H3. The van der Waals surface area contributed by atoms with E-state index in [0.29, 0.717) is 13.2 Å². The highest BCUT2D eigenvalue weighted by molar-refractivity contribution is 5.93. The molecule has 3 aromatic rings. The molecule has 0 aliphatic carbocycles. The van der Waals surface area contributed by atoms with E-state index in [1.165, 1.54) is 40.6 Å². The molecule has 0 aliphatic heterocycles. The van der Waals surface area contributed by atoms with E-state index in [-0.39, 0.29) is 0 Å². The van der Waals surface area contributed by atoms with Crippen LogP contribution >= 0.6 is 0 Å². The molecule has 2 aromatic carbocycles. The van der Waals surface area contributed by atoms with Crippen molar-refractivity contribution in [3.8, 4) is 22.8 Å². The normalized spacial score (nSPS) is 11.2. The number of nitrogens with one attached hydrogen (secondary N) is 1. The molecule has 0 fully saturated rings. The van der Waals surface area contributed by atoms with E-state index < -0.39 is 0 Å². The van der Waals surface area contributed by atoms with Gasteiger partial charge in [0.1, 0.15) is 0 Å². The van der Waals surface area contributed by atoms with Crippen LogP contribution in [-0.2, 0) is 12.8 Å². The average Bonchev–Trinajstić information content (AvgIpc) is 3.13. The number of aryl methyl sites for hydroxylation is 2. The smallest absolute Gasteiger partial charge is 0.161 e. The summed E-state index contributed by atoms with van der Waals surface area (Å²) in [5, 5.41) is 1.34. The molecule has 4 nitrogen and oxygen atoms in total. The highest BCUT2D eigenvalue weighted by atomic mass is 16.5. The van der Waals surface area contributed by atoms with Crippen LogP contribution in [0.15, 0.2) is 36.4 Å². The van der Waals surface area contributed by atoms with Crippen LogP contribution in [0.1, 0.15) is 57.6 Å². The van der Waals surface area contributed by atoms with Gasteiger partial charge in [-0.25, -0.2) is 0 Å². The lowest BCUT2D eigenvalue weighted by atomic mass is 9.98. The Morgan fingerprint density at radius 2 is 1.67 bits per heavy atom.